The fraction of sp³-hybridized carbons (Fsp3) is 0.179. The molecule has 2 aromatic carbocycles. The first-order valence-corrected chi connectivity index (χ1v) is 13.3. The van der Waals surface area contributed by atoms with E-state index in [-0.39, 0.29) is 17.6 Å². The number of allylic oxidation sites excluding steroid dienone is 2. The molecule has 0 radical (unpaired) electrons. The zero-order valence-electron chi connectivity index (χ0n) is 20.2. The van der Waals surface area contributed by atoms with Crippen LogP contribution < -0.4 is 16.0 Å². The molecule has 182 valence electrons. The topological polar surface area (TPSA) is 94.0 Å². The molecule has 0 saturated carbocycles. The third kappa shape index (κ3) is 5.70. The number of nitriles is 1. The van der Waals surface area contributed by atoms with Crippen molar-refractivity contribution < 1.29 is 9.59 Å². The number of carbonyl (C=O) groups excluding carboxylic acids is 2. The van der Waals surface area contributed by atoms with Gasteiger partial charge in [0.05, 0.1) is 28.3 Å². The maximum Gasteiger partial charge on any atom is 0.254 e. The van der Waals surface area contributed by atoms with Gasteiger partial charge in [-0.1, -0.05) is 53.7 Å². The number of hydrogen-bond donors (Lipinski definition) is 3. The molecule has 0 saturated heterocycles. The first kappa shape index (κ1) is 25.3. The molecule has 1 aliphatic rings. The van der Waals surface area contributed by atoms with Crippen molar-refractivity contribution in [1.29, 1.82) is 5.26 Å². The highest BCUT2D eigenvalue weighted by Gasteiger charge is 2.35. The Kier molecular flexibility index (Phi) is 7.93. The number of nitrogens with one attached hydrogen (secondary N) is 3. The fourth-order valence-corrected chi connectivity index (χ4v) is 5.68. The highest BCUT2D eigenvalue weighted by atomic mass is 32.2. The lowest BCUT2D eigenvalue weighted by molar-refractivity contribution is -0.114. The molecule has 4 rings (SSSR count). The Morgan fingerprint density at radius 2 is 1.78 bits per heavy atom. The van der Waals surface area contributed by atoms with Crippen molar-refractivity contribution in [2.75, 3.05) is 16.4 Å². The van der Waals surface area contributed by atoms with Crippen molar-refractivity contribution in [3.63, 3.8) is 0 Å². The van der Waals surface area contributed by atoms with Gasteiger partial charge in [0.2, 0.25) is 5.91 Å². The van der Waals surface area contributed by atoms with Crippen molar-refractivity contribution in [2.45, 2.75) is 26.7 Å². The van der Waals surface area contributed by atoms with Crippen molar-refractivity contribution >= 4 is 46.3 Å². The van der Waals surface area contributed by atoms with Gasteiger partial charge in [-0.25, -0.2) is 0 Å². The van der Waals surface area contributed by atoms with Crippen LogP contribution in [0, 0.1) is 25.2 Å². The van der Waals surface area contributed by atoms with Crippen LogP contribution in [0.25, 0.3) is 0 Å². The van der Waals surface area contributed by atoms with Crippen molar-refractivity contribution in [1.82, 2.24) is 5.32 Å². The van der Waals surface area contributed by atoms with Crippen LogP contribution in [0.2, 0.25) is 0 Å². The molecule has 2 heterocycles. The molecule has 6 nitrogen and oxygen atoms in total. The maximum absolute atomic E-state index is 13.5. The number of thiophene rings is 1. The summed E-state index contributed by atoms with van der Waals surface area (Å²) in [5.41, 5.74) is 5.08. The predicted octanol–water partition coefficient (Wildman–Crippen LogP) is 6.07. The number of hydrogen-bond acceptors (Lipinski definition) is 6. The molecule has 1 aromatic heterocycles. The number of aryl methyl sites for hydroxylation is 2. The second-order valence-corrected chi connectivity index (χ2v) is 10.4. The molecule has 0 bridgehead atoms. The summed E-state index contributed by atoms with van der Waals surface area (Å²) in [7, 11) is 0. The summed E-state index contributed by atoms with van der Waals surface area (Å²) in [6.07, 6.45) is 0. The number of nitrogens with zero attached hydrogens (tertiary/aromatic N) is 1. The number of amides is 2. The van der Waals surface area contributed by atoms with Crippen LogP contribution in [0.3, 0.4) is 0 Å². The summed E-state index contributed by atoms with van der Waals surface area (Å²) < 4.78 is 0. The van der Waals surface area contributed by atoms with E-state index in [2.05, 4.69) is 22.0 Å². The molecule has 2 amide bonds. The lowest BCUT2D eigenvalue weighted by Gasteiger charge is -2.29. The van der Waals surface area contributed by atoms with E-state index in [1.54, 1.807) is 0 Å². The zero-order valence-corrected chi connectivity index (χ0v) is 21.8. The monoisotopic (exact) mass is 514 g/mol. The van der Waals surface area contributed by atoms with E-state index in [9.17, 15) is 14.9 Å². The second-order valence-electron chi connectivity index (χ2n) is 8.44. The first-order valence-electron chi connectivity index (χ1n) is 11.4. The van der Waals surface area contributed by atoms with E-state index in [0.29, 0.717) is 21.9 Å². The highest BCUT2D eigenvalue weighted by Crippen LogP contribution is 2.42. The molecule has 8 heteroatoms. The van der Waals surface area contributed by atoms with Crippen LogP contribution in [0.1, 0.15) is 28.8 Å². The lowest BCUT2D eigenvalue weighted by Crippen LogP contribution is -2.31. The van der Waals surface area contributed by atoms with Crippen LogP contribution in [-0.4, -0.2) is 17.6 Å². The average molecular weight is 515 g/mol. The number of carbonyl (C=O) groups is 2. The van der Waals surface area contributed by atoms with Gasteiger partial charge in [-0.2, -0.15) is 5.26 Å². The van der Waals surface area contributed by atoms with E-state index in [1.165, 1.54) is 23.1 Å². The number of dihydropyridines is 1. The van der Waals surface area contributed by atoms with Gasteiger partial charge < -0.3 is 16.0 Å². The van der Waals surface area contributed by atoms with Crippen LogP contribution in [0.5, 0.6) is 0 Å². The van der Waals surface area contributed by atoms with Crippen molar-refractivity contribution in [3.05, 3.63) is 104 Å². The number of benzene rings is 2. The zero-order chi connectivity index (χ0) is 25.7. The van der Waals surface area contributed by atoms with Crippen LogP contribution in [-0.2, 0) is 9.59 Å². The molecule has 36 heavy (non-hydrogen) atoms. The molecule has 1 aliphatic heterocycles. The van der Waals surface area contributed by atoms with Gasteiger partial charge in [0.25, 0.3) is 5.91 Å². The number of para-hydroxylation sites is 1. The summed E-state index contributed by atoms with van der Waals surface area (Å²) in [6.45, 7) is 5.75. The van der Waals surface area contributed by atoms with Gasteiger partial charge in [-0.05, 0) is 56.0 Å². The first-order chi connectivity index (χ1) is 17.4. The SMILES string of the molecule is CC1=C(C(=O)Nc2ccccc2C)[C@H](c2cccs2)C(C#N)=C(SCC(=O)Nc2ccc(C)cc2)N1. The minimum atomic E-state index is -0.525. The molecule has 3 N–H and O–H groups in total. The minimum absolute atomic E-state index is 0.122. The van der Waals surface area contributed by atoms with Gasteiger partial charge >= 0.3 is 0 Å². The molecule has 1 atom stereocenters. The van der Waals surface area contributed by atoms with Crippen LogP contribution in [0.4, 0.5) is 11.4 Å². The molecule has 0 aliphatic carbocycles. The Morgan fingerprint density at radius 1 is 1.03 bits per heavy atom. The molecular formula is C28H26N4O2S2. The summed E-state index contributed by atoms with van der Waals surface area (Å²) in [5.74, 6) is -0.839. The Labute approximate surface area is 219 Å². The summed E-state index contributed by atoms with van der Waals surface area (Å²) >= 11 is 2.75. The summed E-state index contributed by atoms with van der Waals surface area (Å²) in [5, 5.41) is 21.8. The lowest BCUT2D eigenvalue weighted by atomic mass is 9.86. The average Bonchev–Trinajstić information content (AvgIpc) is 3.39. The second kappa shape index (κ2) is 11.3. The number of rotatable bonds is 7. The van der Waals surface area contributed by atoms with Gasteiger partial charge in [-0.15, -0.1) is 11.3 Å². The Morgan fingerprint density at radius 3 is 2.44 bits per heavy atom. The van der Waals surface area contributed by atoms with Gasteiger partial charge in [0, 0.05) is 27.5 Å². The number of thioether (sulfide) groups is 1. The summed E-state index contributed by atoms with van der Waals surface area (Å²) in [6, 6.07) is 21.3. The Bertz CT molecular complexity index is 1380. The fourth-order valence-electron chi connectivity index (χ4n) is 3.94. The quantitative estimate of drug-likeness (QED) is 0.356. The smallest absolute Gasteiger partial charge is 0.254 e. The van der Waals surface area contributed by atoms with Crippen molar-refractivity contribution in [3.8, 4) is 6.07 Å². The maximum atomic E-state index is 13.5. The van der Waals surface area contributed by atoms with E-state index < -0.39 is 5.92 Å². The van der Waals surface area contributed by atoms with Gasteiger partial charge in [-0.3, -0.25) is 9.59 Å². The molecule has 0 spiro atoms. The number of anilines is 2. The van der Waals surface area contributed by atoms with E-state index in [0.717, 1.165) is 27.4 Å². The Balaban J connectivity index is 1.58. The largest absolute Gasteiger partial charge is 0.353 e. The minimum Gasteiger partial charge on any atom is -0.353 e. The third-order valence-electron chi connectivity index (χ3n) is 5.80. The molecule has 3 aromatic rings. The molecular weight excluding hydrogens is 488 g/mol. The van der Waals surface area contributed by atoms with Gasteiger partial charge in [0.1, 0.15) is 0 Å². The van der Waals surface area contributed by atoms with Crippen LogP contribution >= 0.6 is 23.1 Å². The molecule has 0 unspecified atom stereocenters. The Hall–Kier alpha value is -3.80. The molecule has 0 fully saturated rings. The van der Waals surface area contributed by atoms with E-state index in [4.69, 9.17) is 0 Å². The normalized spacial score (nSPS) is 15.2. The van der Waals surface area contributed by atoms with E-state index in [1.807, 2.05) is 86.8 Å². The van der Waals surface area contributed by atoms with E-state index >= 15 is 0 Å². The third-order valence-corrected chi connectivity index (χ3v) is 7.75. The van der Waals surface area contributed by atoms with Gasteiger partial charge in [0.15, 0.2) is 0 Å². The standard InChI is InChI=1S/C28H26N4O2S2/c1-17-10-12-20(13-11-17)31-24(33)16-36-28-21(15-29)26(23-9-6-14-35-23)25(19(3)30-28)27(34)32-22-8-5-4-7-18(22)2/h4-14,26,30H,16H2,1-3H3,(H,31,33)(H,32,34)/t26-/m0/s1. The highest BCUT2D eigenvalue weighted by molar-refractivity contribution is 8.03. The predicted molar refractivity (Wildman–Crippen MR) is 148 cm³/mol. The summed E-state index contributed by atoms with van der Waals surface area (Å²) in [4.78, 5) is 27.0. The van der Waals surface area contributed by atoms with Crippen LogP contribution in [0.15, 0.2) is 87.9 Å². The van der Waals surface area contributed by atoms with Crippen molar-refractivity contribution in [2.24, 2.45) is 0 Å².